The first kappa shape index (κ1) is 14.0. The third kappa shape index (κ3) is 3.52. The molecule has 0 aliphatic heterocycles. The molecule has 0 atom stereocenters. The Labute approximate surface area is 117 Å². The van der Waals surface area contributed by atoms with Gasteiger partial charge in [-0.1, -0.05) is 11.8 Å². The Kier molecular flexibility index (Phi) is 3.87. The van der Waals surface area contributed by atoms with E-state index in [9.17, 15) is 8.42 Å². The highest BCUT2D eigenvalue weighted by molar-refractivity contribution is 7.99. The van der Waals surface area contributed by atoms with Crippen LogP contribution in [0.1, 0.15) is 5.56 Å². The summed E-state index contributed by atoms with van der Waals surface area (Å²) in [5.41, 5.74) is 7.57. The lowest BCUT2D eigenvalue weighted by atomic mass is 10.2. The lowest BCUT2D eigenvalue weighted by Gasteiger charge is -2.07. The molecule has 0 spiro atoms. The smallest absolute Gasteiger partial charge is 0.175 e. The lowest BCUT2D eigenvalue weighted by Crippen LogP contribution is -1.96. The maximum atomic E-state index is 11.4. The molecule has 2 aromatic rings. The van der Waals surface area contributed by atoms with E-state index in [1.807, 2.05) is 37.3 Å². The number of nitrogen functional groups attached to an aromatic ring is 1. The van der Waals surface area contributed by atoms with Gasteiger partial charge in [0.25, 0.3) is 0 Å². The van der Waals surface area contributed by atoms with Gasteiger partial charge in [0, 0.05) is 21.7 Å². The third-order valence-electron chi connectivity index (χ3n) is 2.68. The molecule has 2 rings (SSSR count). The summed E-state index contributed by atoms with van der Waals surface area (Å²) in [4.78, 5) is 2.45. The predicted octanol–water partition coefficient (Wildman–Crippen LogP) is 3.13. The van der Waals surface area contributed by atoms with E-state index in [-0.39, 0.29) is 0 Å². The van der Waals surface area contributed by atoms with Gasteiger partial charge in [0.1, 0.15) is 0 Å². The second-order valence-electron chi connectivity index (χ2n) is 4.37. The topological polar surface area (TPSA) is 60.2 Å². The molecule has 0 bridgehead atoms. The fourth-order valence-electron chi connectivity index (χ4n) is 1.67. The van der Waals surface area contributed by atoms with Gasteiger partial charge in [-0.25, -0.2) is 8.42 Å². The fourth-order valence-corrected chi connectivity index (χ4v) is 3.18. The molecular weight excluding hydrogens is 278 g/mol. The standard InChI is InChI=1S/C14H15NO2S2/c1-10-9-11(15)3-8-14(10)18-12-4-6-13(7-5-12)19(2,16)17/h3-9H,15H2,1-2H3. The van der Waals surface area contributed by atoms with E-state index in [4.69, 9.17) is 5.73 Å². The fraction of sp³-hybridized carbons (Fsp3) is 0.143. The van der Waals surface area contributed by atoms with Crippen molar-refractivity contribution in [2.45, 2.75) is 21.6 Å². The molecule has 0 amide bonds. The highest BCUT2D eigenvalue weighted by atomic mass is 32.2. The highest BCUT2D eigenvalue weighted by Gasteiger charge is 2.07. The molecular formula is C14H15NO2S2. The number of rotatable bonds is 3. The van der Waals surface area contributed by atoms with E-state index < -0.39 is 9.84 Å². The molecule has 2 N–H and O–H groups in total. The summed E-state index contributed by atoms with van der Waals surface area (Å²) >= 11 is 1.59. The summed E-state index contributed by atoms with van der Waals surface area (Å²) in [6.07, 6.45) is 1.21. The maximum absolute atomic E-state index is 11.4. The molecule has 0 aliphatic rings. The molecule has 0 aliphatic carbocycles. The first-order chi connectivity index (χ1) is 8.86. The van der Waals surface area contributed by atoms with Crippen LogP contribution in [0.15, 0.2) is 57.2 Å². The minimum absolute atomic E-state index is 0.339. The molecule has 0 saturated carbocycles. The minimum Gasteiger partial charge on any atom is -0.399 e. The van der Waals surface area contributed by atoms with Crippen LogP contribution in [0.2, 0.25) is 0 Å². The van der Waals surface area contributed by atoms with E-state index >= 15 is 0 Å². The van der Waals surface area contributed by atoms with Gasteiger partial charge in [-0.3, -0.25) is 0 Å². The van der Waals surface area contributed by atoms with Crippen LogP contribution in [0.3, 0.4) is 0 Å². The summed E-state index contributed by atoms with van der Waals surface area (Å²) in [7, 11) is -3.13. The molecule has 5 heteroatoms. The Morgan fingerprint density at radius 2 is 1.68 bits per heavy atom. The molecule has 2 aromatic carbocycles. The lowest BCUT2D eigenvalue weighted by molar-refractivity contribution is 0.602. The molecule has 3 nitrogen and oxygen atoms in total. The monoisotopic (exact) mass is 293 g/mol. The Morgan fingerprint density at radius 1 is 1.05 bits per heavy atom. The van der Waals surface area contributed by atoms with E-state index in [2.05, 4.69) is 0 Å². The van der Waals surface area contributed by atoms with Gasteiger partial charge in [-0.05, 0) is 55.0 Å². The largest absolute Gasteiger partial charge is 0.399 e. The predicted molar refractivity (Wildman–Crippen MR) is 79.3 cm³/mol. The second-order valence-corrected chi connectivity index (χ2v) is 7.50. The molecule has 19 heavy (non-hydrogen) atoms. The number of hydrogen-bond donors (Lipinski definition) is 1. The van der Waals surface area contributed by atoms with Gasteiger partial charge >= 0.3 is 0 Å². The first-order valence-electron chi connectivity index (χ1n) is 5.70. The average Bonchev–Trinajstić information content (AvgIpc) is 2.32. The van der Waals surface area contributed by atoms with E-state index in [1.54, 1.807) is 23.9 Å². The Morgan fingerprint density at radius 3 is 2.21 bits per heavy atom. The van der Waals surface area contributed by atoms with Crippen LogP contribution in [0, 0.1) is 6.92 Å². The van der Waals surface area contributed by atoms with Crippen LogP contribution >= 0.6 is 11.8 Å². The number of sulfone groups is 1. The summed E-state index contributed by atoms with van der Waals surface area (Å²) < 4.78 is 22.7. The number of aryl methyl sites for hydroxylation is 1. The van der Waals surface area contributed by atoms with Crippen LogP contribution in [-0.2, 0) is 9.84 Å². The van der Waals surface area contributed by atoms with Crippen molar-refractivity contribution in [3.63, 3.8) is 0 Å². The van der Waals surface area contributed by atoms with Crippen LogP contribution in [0.4, 0.5) is 5.69 Å². The quantitative estimate of drug-likeness (QED) is 0.883. The van der Waals surface area contributed by atoms with Gasteiger partial charge in [-0.15, -0.1) is 0 Å². The van der Waals surface area contributed by atoms with Crippen molar-refractivity contribution in [3.8, 4) is 0 Å². The number of benzene rings is 2. The summed E-state index contributed by atoms with van der Waals surface area (Å²) in [5.74, 6) is 0. The van der Waals surface area contributed by atoms with Crippen LogP contribution in [-0.4, -0.2) is 14.7 Å². The maximum Gasteiger partial charge on any atom is 0.175 e. The van der Waals surface area contributed by atoms with E-state index in [0.717, 1.165) is 21.0 Å². The third-order valence-corrected chi connectivity index (χ3v) is 4.99. The zero-order chi connectivity index (χ0) is 14.0. The molecule has 0 aromatic heterocycles. The van der Waals surface area contributed by atoms with Crippen molar-refractivity contribution in [1.82, 2.24) is 0 Å². The van der Waals surface area contributed by atoms with Gasteiger partial charge < -0.3 is 5.73 Å². The van der Waals surface area contributed by atoms with E-state index in [1.165, 1.54) is 6.26 Å². The van der Waals surface area contributed by atoms with Gasteiger partial charge in [0.2, 0.25) is 0 Å². The number of hydrogen-bond acceptors (Lipinski definition) is 4. The molecule has 0 unspecified atom stereocenters. The van der Waals surface area contributed by atoms with Gasteiger partial charge in [0.15, 0.2) is 9.84 Å². The first-order valence-corrected chi connectivity index (χ1v) is 8.41. The number of anilines is 1. The van der Waals surface area contributed by atoms with Crippen molar-refractivity contribution < 1.29 is 8.42 Å². The summed E-state index contributed by atoms with van der Waals surface area (Å²) in [5, 5.41) is 0. The zero-order valence-electron chi connectivity index (χ0n) is 10.8. The van der Waals surface area contributed by atoms with Crippen molar-refractivity contribution in [3.05, 3.63) is 48.0 Å². The van der Waals surface area contributed by atoms with Crippen molar-refractivity contribution in [1.29, 1.82) is 0 Å². The second kappa shape index (κ2) is 5.27. The SMILES string of the molecule is Cc1cc(N)ccc1Sc1ccc(S(C)(=O)=O)cc1. The normalized spacial score (nSPS) is 11.5. The molecule has 0 saturated heterocycles. The zero-order valence-corrected chi connectivity index (χ0v) is 12.4. The molecule has 0 heterocycles. The Hall–Kier alpha value is -1.46. The van der Waals surface area contributed by atoms with Crippen molar-refractivity contribution in [2.75, 3.05) is 12.0 Å². The summed E-state index contributed by atoms with van der Waals surface area (Å²) in [6, 6.07) is 12.6. The van der Waals surface area contributed by atoms with E-state index in [0.29, 0.717) is 4.90 Å². The van der Waals surface area contributed by atoms with Crippen LogP contribution in [0.25, 0.3) is 0 Å². The highest BCUT2D eigenvalue weighted by Crippen LogP contribution is 2.31. The molecule has 0 fully saturated rings. The van der Waals surface area contributed by atoms with Gasteiger partial charge in [-0.2, -0.15) is 0 Å². The Bertz CT molecular complexity index is 692. The molecule has 0 radical (unpaired) electrons. The molecule has 100 valence electrons. The van der Waals surface area contributed by atoms with Crippen LogP contribution < -0.4 is 5.73 Å². The summed E-state index contributed by atoms with van der Waals surface area (Å²) in [6.45, 7) is 2.00. The minimum atomic E-state index is -3.13. The van der Waals surface area contributed by atoms with Crippen molar-refractivity contribution >= 4 is 27.3 Å². The van der Waals surface area contributed by atoms with Gasteiger partial charge in [0.05, 0.1) is 4.90 Å². The number of nitrogens with two attached hydrogens (primary N) is 1. The van der Waals surface area contributed by atoms with Crippen LogP contribution in [0.5, 0.6) is 0 Å². The van der Waals surface area contributed by atoms with Crippen molar-refractivity contribution in [2.24, 2.45) is 0 Å². The Balaban J connectivity index is 2.25. The average molecular weight is 293 g/mol.